The number of benzene rings is 1. The molecule has 0 saturated carbocycles. The fourth-order valence-electron chi connectivity index (χ4n) is 2.05. The third-order valence-corrected chi connectivity index (χ3v) is 3.09. The Morgan fingerprint density at radius 3 is 2.94 bits per heavy atom. The van der Waals surface area contributed by atoms with E-state index in [0.717, 1.165) is 0 Å². The van der Waals surface area contributed by atoms with E-state index in [1.54, 1.807) is 4.90 Å². The van der Waals surface area contributed by atoms with E-state index in [0.29, 0.717) is 18.8 Å². The minimum absolute atomic E-state index is 0.0240. The topological polar surface area (TPSA) is 55.6 Å². The Morgan fingerprint density at radius 2 is 2.22 bits per heavy atom. The summed E-state index contributed by atoms with van der Waals surface area (Å²) in [6.07, 6.45) is -0.0331. The first kappa shape index (κ1) is 12.8. The molecule has 2 N–H and O–H groups in total. The second-order valence-corrected chi connectivity index (χ2v) is 4.69. The maximum absolute atomic E-state index is 13.7. The van der Waals surface area contributed by atoms with Gasteiger partial charge in [0, 0.05) is 12.2 Å². The summed E-state index contributed by atoms with van der Waals surface area (Å²) in [5.74, 6) is -0.872. The van der Waals surface area contributed by atoms with Crippen molar-refractivity contribution in [2.45, 2.75) is 26.0 Å². The molecule has 0 aromatic heterocycles. The highest BCUT2D eigenvalue weighted by atomic mass is 19.1. The fraction of sp³-hybridized carbons (Fsp3) is 0.462. The molecule has 1 aromatic rings. The van der Waals surface area contributed by atoms with Gasteiger partial charge in [0.1, 0.15) is 5.82 Å². The summed E-state index contributed by atoms with van der Waals surface area (Å²) in [4.78, 5) is 13.9. The van der Waals surface area contributed by atoms with Crippen LogP contribution < -0.4 is 5.73 Å². The van der Waals surface area contributed by atoms with Crippen LogP contribution in [0.15, 0.2) is 18.2 Å². The molecule has 1 heterocycles. The van der Waals surface area contributed by atoms with Gasteiger partial charge >= 0.3 is 0 Å². The summed E-state index contributed by atoms with van der Waals surface area (Å²) in [6, 6.07) is 3.98. The molecule has 0 radical (unpaired) electrons. The van der Waals surface area contributed by atoms with Crippen molar-refractivity contribution in [3.63, 3.8) is 0 Å². The Labute approximate surface area is 106 Å². The van der Waals surface area contributed by atoms with Crippen LogP contribution in [0.5, 0.6) is 0 Å². The van der Waals surface area contributed by atoms with Crippen molar-refractivity contribution in [1.29, 1.82) is 0 Å². The molecule has 2 atom stereocenters. The average molecular weight is 252 g/mol. The van der Waals surface area contributed by atoms with E-state index in [-0.39, 0.29) is 23.6 Å². The van der Waals surface area contributed by atoms with Crippen LogP contribution in [-0.2, 0) is 4.74 Å². The molecule has 0 bridgehead atoms. The number of anilines is 1. The number of hydrogen-bond acceptors (Lipinski definition) is 3. The van der Waals surface area contributed by atoms with Crippen molar-refractivity contribution in [2.24, 2.45) is 0 Å². The van der Waals surface area contributed by atoms with Crippen LogP contribution in [-0.4, -0.2) is 36.1 Å². The fourth-order valence-corrected chi connectivity index (χ4v) is 2.05. The van der Waals surface area contributed by atoms with Crippen LogP contribution in [0.25, 0.3) is 0 Å². The van der Waals surface area contributed by atoms with Gasteiger partial charge in [-0.3, -0.25) is 4.79 Å². The molecule has 98 valence electrons. The number of ether oxygens (including phenoxy) is 1. The highest BCUT2D eigenvalue weighted by Crippen LogP contribution is 2.19. The summed E-state index contributed by atoms with van der Waals surface area (Å²) >= 11 is 0. The number of amides is 1. The third-order valence-electron chi connectivity index (χ3n) is 3.09. The molecular formula is C13H17FN2O2. The highest BCUT2D eigenvalue weighted by Gasteiger charge is 2.29. The smallest absolute Gasteiger partial charge is 0.257 e. The van der Waals surface area contributed by atoms with Crippen molar-refractivity contribution < 1.29 is 13.9 Å². The number of halogens is 1. The summed E-state index contributed by atoms with van der Waals surface area (Å²) < 4.78 is 19.1. The SMILES string of the molecule is CC1CN(C(=O)c2cc(N)ccc2F)C(C)CO1. The second-order valence-electron chi connectivity index (χ2n) is 4.69. The molecule has 1 aliphatic rings. The van der Waals surface area contributed by atoms with Crippen molar-refractivity contribution in [3.05, 3.63) is 29.6 Å². The van der Waals surface area contributed by atoms with Crippen LogP contribution in [0.2, 0.25) is 0 Å². The predicted molar refractivity (Wildman–Crippen MR) is 66.7 cm³/mol. The van der Waals surface area contributed by atoms with Crippen LogP contribution in [0.4, 0.5) is 10.1 Å². The molecule has 1 aliphatic heterocycles. The maximum atomic E-state index is 13.7. The Balaban J connectivity index is 2.27. The zero-order chi connectivity index (χ0) is 13.3. The third kappa shape index (κ3) is 2.46. The van der Waals surface area contributed by atoms with E-state index >= 15 is 0 Å². The van der Waals surface area contributed by atoms with E-state index in [4.69, 9.17) is 10.5 Å². The highest BCUT2D eigenvalue weighted by molar-refractivity contribution is 5.95. The van der Waals surface area contributed by atoms with Crippen molar-refractivity contribution in [2.75, 3.05) is 18.9 Å². The predicted octanol–water partition coefficient (Wildman–Crippen LogP) is 1.66. The Bertz CT molecular complexity index is 464. The van der Waals surface area contributed by atoms with Crippen LogP contribution in [0.1, 0.15) is 24.2 Å². The number of carbonyl (C=O) groups is 1. The van der Waals surface area contributed by atoms with Gasteiger partial charge in [-0.1, -0.05) is 0 Å². The monoisotopic (exact) mass is 252 g/mol. The van der Waals surface area contributed by atoms with Gasteiger partial charge in [-0.05, 0) is 32.0 Å². The lowest BCUT2D eigenvalue weighted by Gasteiger charge is -2.36. The van der Waals surface area contributed by atoms with Gasteiger partial charge in [0.25, 0.3) is 5.91 Å². The molecule has 1 aromatic carbocycles. The summed E-state index contributed by atoms with van der Waals surface area (Å²) in [7, 11) is 0. The standard InChI is InChI=1S/C13H17FN2O2/c1-8-7-18-9(2)6-16(8)13(17)11-5-10(15)3-4-12(11)14/h3-5,8-9H,6-7,15H2,1-2H3. The lowest BCUT2D eigenvalue weighted by molar-refractivity contribution is -0.0388. The van der Waals surface area contributed by atoms with Gasteiger partial charge in [0.05, 0.1) is 24.3 Å². The summed E-state index contributed by atoms with van der Waals surface area (Å²) in [6.45, 7) is 4.71. The lowest BCUT2D eigenvalue weighted by Crippen LogP contribution is -2.50. The van der Waals surface area contributed by atoms with Crippen molar-refractivity contribution in [3.8, 4) is 0 Å². The molecule has 4 nitrogen and oxygen atoms in total. The van der Waals surface area contributed by atoms with E-state index in [1.807, 2.05) is 13.8 Å². The zero-order valence-electron chi connectivity index (χ0n) is 10.5. The Morgan fingerprint density at radius 1 is 1.50 bits per heavy atom. The molecule has 1 amide bonds. The van der Waals surface area contributed by atoms with Gasteiger partial charge in [-0.2, -0.15) is 0 Å². The average Bonchev–Trinajstić information content (AvgIpc) is 2.34. The Hall–Kier alpha value is -1.62. The molecule has 1 fully saturated rings. The quantitative estimate of drug-likeness (QED) is 0.773. The zero-order valence-corrected chi connectivity index (χ0v) is 10.5. The molecule has 18 heavy (non-hydrogen) atoms. The van der Waals surface area contributed by atoms with Crippen LogP contribution in [0.3, 0.4) is 0 Å². The number of nitrogens with zero attached hydrogens (tertiary/aromatic N) is 1. The van der Waals surface area contributed by atoms with Crippen LogP contribution >= 0.6 is 0 Å². The number of nitrogen functional groups attached to an aromatic ring is 1. The Kier molecular flexibility index (Phi) is 3.52. The molecule has 0 aliphatic carbocycles. The van der Waals surface area contributed by atoms with E-state index in [1.165, 1.54) is 18.2 Å². The first-order valence-electron chi connectivity index (χ1n) is 5.96. The number of nitrogens with two attached hydrogens (primary N) is 1. The van der Waals surface area contributed by atoms with Gasteiger partial charge in [-0.25, -0.2) is 4.39 Å². The number of rotatable bonds is 1. The molecule has 1 saturated heterocycles. The second kappa shape index (κ2) is 4.94. The minimum Gasteiger partial charge on any atom is -0.399 e. The van der Waals surface area contributed by atoms with E-state index < -0.39 is 5.82 Å². The van der Waals surface area contributed by atoms with Gasteiger partial charge in [0.15, 0.2) is 0 Å². The van der Waals surface area contributed by atoms with Crippen LogP contribution in [0, 0.1) is 5.82 Å². The first-order valence-corrected chi connectivity index (χ1v) is 5.96. The molecule has 2 unspecified atom stereocenters. The van der Waals surface area contributed by atoms with Crippen molar-refractivity contribution in [1.82, 2.24) is 4.90 Å². The van der Waals surface area contributed by atoms with Crippen molar-refractivity contribution >= 4 is 11.6 Å². The largest absolute Gasteiger partial charge is 0.399 e. The summed E-state index contributed by atoms with van der Waals surface area (Å²) in [5.41, 5.74) is 6.00. The van der Waals surface area contributed by atoms with Gasteiger partial charge in [-0.15, -0.1) is 0 Å². The normalized spacial score (nSPS) is 24.1. The minimum atomic E-state index is -0.541. The number of carbonyl (C=O) groups excluding carboxylic acids is 1. The lowest BCUT2D eigenvalue weighted by atomic mass is 10.1. The maximum Gasteiger partial charge on any atom is 0.257 e. The van der Waals surface area contributed by atoms with E-state index in [9.17, 15) is 9.18 Å². The van der Waals surface area contributed by atoms with Gasteiger partial charge < -0.3 is 15.4 Å². The van der Waals surface area contributed by atoms with E-state index in [2.05, 4.69) is 0 Å². The van der Waals surface area contributed by atoms with Gasteiger partial charge in [0.2, 0.25) is 0 Å². The molecule has 0 spiro atoms. The molecule has 2 rings (SSSR count). The summed E-state index contributed by atoms with van der Waals surface area (Å²) in [5, 5.41) is 0. The number of hydrogen-bond donors (Lipinski definition) is 1. The first-order chi connectivity index (χ1) is 8.49. The molecular weight excluding hydrogens is 235 g/mol. The number of morpholine rings is 1. The molecule has 5 heteroatoms.